The largest absolute Gasteiger partial charge is 0.454 e. The molecule has 6 nitrogen and oxygen atoms in total. The van der Waals surface area contributed by atoms with Crippen LogP contribution in [-0.4, -0.2) is 17.7 Å². The van der Waals surface area contributed by atoms with E-state index in [2.05, 4.69) is 11.4 Å². The minimum absolute atomic E-state index is 0.198. The van der Waals surface area contributed by atoms with E-state index in [0.29, 0.717) is 33.3 Å². The second-order valence-corrected chi connectivity index (χ2v) is 9.58. The van der Waals surface area contributed by atoms with Crippen molar-refractivity contribution < 1.29 is 14.3 Å². The minimum Gasteiger partial charge on any atom is -0.454 e. The van der Waals surface area contributed by atoms with Crippen molar-refractivity contribution in [3.05, 3.63) is 70.1 Å². The Balaban J connectivity index is 1.41. The molecule has 0 fully saturated rings. The highest BCUT2D eigenvalue weighted by atomic mass is 32.1. The van der Waals surface area contributed by atoms with Gasteiger partial charge in [0.15, 0.2) is 11.5 Å². The maximum Gasteiger partial charge on any atom is 0.257 e. The van der Waals surface area contributed by atoms with Gasteiger partial charge in [-0.25, -0.2) is 4.98 Å². The summed E-state index contributed by atoms with van der Waals surface area (Å²) in [7, 11) is 0. The molecule has 7 heteroatoms. The number of amides is 1. The van der Waals surface area contributed by atoms with E-state index in [9.17, 15) is 10.1 Å². The van der Waals surface area contributed by atoms with Gasteiger partial charge in [-0.2, -0.15) is 5.26 Å². The summed E-state index contributed by atoms with van der Waals surface area (Å²) < 4.78 is 10.9. The van der Waals surface area contributed by atoms with Gasteiger partial charge in [-0.1, -0.05) is 24.6 Å². The Morgan fingerprint density at radius 3 is 2.79 bits per heavy atom. The second-order valence-electron chi connectivity index (χ2n) is 8.47. The number of hydrogen-bond acceptors (Lipinski definition) is 6. The molecule has 1 aliphatic carbocycles. The maximum atomic E-state index is 13.6. The van der Waals surface area contributed by atoms with Crippen LogP contribution in [0.3, 0.4) is 0 Å². The molecular weight excluding hydrogens is 446 g/mol. The van der Waals surface area contributed by atoms with Crippen molar-refractivity contribution in [3.63, 3.8) is 0 Å². The molecule has 2 aromatic carbocycles. The molecule has 1 aliphatic heterocycles. The number of nitriles is 1. The van der Waals surface area contributed by atoms with Crippen LogP contribution in [0.15, 0.2) is 48.5 Å². The van der Waals surface area contributed by atoms with Crippen LogP contribution in [0.2, 0.25) is 0 Å². The Hall–Kier alpha value is -3.89. The number of carbonyl (C=O) groups is 1. The number of fused-ring (bicyclic) bond motifs is 3. The van der Waals surface area contributed by atoms with Crippen LogP contribution < -0.4 is 14.8 Å². The number of hydrogen-bond donors (Lipinski definition) is 1. The summed E-state index contributed by atoms with van der Waals surface area (Å²) in [6.45, 7) is 0.198. The second kappa shape index (κ2) is 8.47. The number of para-hydroxylation sites is 1. The smallest absolute Gasteiger partial charge is 0.257 e. The lowest BCUT2D eigenvalue weighted by atomic mass is 10.0. The van der Waals surface area contributed by atoms with Crippen molar-refractivity contribution >= 4 is 33.1 Å². The predicted octanol–water partition coefficient (Wildman–Crippen LogP) is 6.08. The van der Waals surface area contributed by atoms with Gasteiger partial charge < -0.3 is 14.8 Å². The molecule has 168 valence electrons. The average molecular weight is 468 g/mol. The van der Waals surface area contributed by atoms with Crippen molar-refractivity contribution in [2.24, 2.45) is 0 Å². The van der Waals surface area contributed by atoms with Crippen LogP contribution in [0.5, 0.6) is 11.5 Å². The van der Waals surface area contributed by atoms with Gasteiger partial charge in [0, 0.05) is 15.8 Å². The van der Waals surface area contributed by atoms with Crippen LogP contribution in [0.25, 0.3) is 22.2 Å². The number of nitrogens with zero attached hydrogens (tertiary/aromatic N) is 2. The van der Waals surface area contributed by atoms with Crippen molar-refractivity contribution in [2.75, 3.05) is 12.1 Å². The third kappa shape index (κ3) is 3.57. The van der Waals surface area contributed by atoms with Crippen molar-refractivity contribution in [2.45, 2.75) is 32.1 Å². The normalized spacial score (nSPS) is 14.3. The Morgan fingerprint density at radius 2 is 1.88 bits per heavy atom. The van der Waals surface area contributed by atoms with E-state index in [1.807, 2.05) is 42.5 Å². The SMILES string of the molecule is N#Cc1c(NC(=O)c2cc(-c3ccc4c(c3)OCO4)nc3ccccc23)sc2c1CCCCC2. The number of ether oxygens (including phenoxy) is 2. The lowest BCUT2D eigenvalue weighted by molar-refractivity contribution is 0.102. The Labute approximate surface area is 200 Å². The molecule has 0 unspecified atom stereocenters. The van der Waals surface area contributed by atoms with Gasteiger partial charge in [-0.05, 0) is 61.6 Å². The molecular formula is C27H21N3O3S. The van der Waals surface area contributed by atoms with Crippen LogP contribution in [0.4, 0.5) is 5.00 Å². The van der Waals surface area contributed by atoms with Gasteiger partial charge in [-0.3, -0.25) is 4.79 Å². The van der Waals surface area contributed by atoms with E-state index in [-0.39, 0.29) is 12.7 Å². The first-order chi connectivity index (χ1) is 16.7. The minimum atomic E-state index is -0.242. The maximum absolute atomic E-state index is 13.6. The fourth-order valence-corrected chi connectivity index (χ4v) is 5.92. The first kappa shape index (κ1) is 20.7. The predicted molar refractivity (Wildman–Crippen MR) is 132 cm³/mol. The van der Waals surface area contributed by atoms with E-state index in [0.717, 1.165) is 47.7 Å². The molecule has 1 amide bonds. The summed E-state index contributed by atoms with van der Waals surface area (Å²) in [5.41, 5.74) is 4.48. The number of aryl methyl sites for hydroxylation is 1. The number of thiophene rings is 1. The molecule has 0 atom stereocenters. The number of anilines is 1. The molecule has 34 heavy (non-hydrogen) atoms. The summed E-state index contributed by atoms with van der Waals surface area (Å²) in [6.07, 6.45) is 5.26. The number of benzene rings is 2. The van der Waals surface area contributed by atoms with E-state index in [4.69, 9.17) is 14.5 Å². The lowest BCUT2D eigenvalue weighted by Gasteiger charge is -2.11. The highest BCUT2D eigenvalue weighted by Crippen LogP contribution is 2.38. The van der Waals surface area contributed by atoms with Crippen molar-refractivity contribution in [1.29, 1.82) is 5.26 Å². The van der Waals surface area contributed by atoms with Crippen LogP contribution in [-0.2, 0) is 12.8 Å². The summed E-state index contributed by atoms with van der Waals surface area (Å²) in [5, 5.41) is 14.3. The third-order valence-corrected chi connectivity index (χ3v) is 7.60. The molecule has 0 spiro atoms. The lowest BCUT2D eigenvalue weighted by Crippen LogP contribution is -2.13. The van der Waals surface area contributed by atoms with Crippen LogP contribution in [0.1, 0.15) is 45.6 Å². The van der Waals surface area contributed by atoms with Gasteiger partial charge in [0.1, 0.15) is 11.1 Å². The zero-order valence-electron chi connectivity index (χ0n) is 18.4. The summed E-state index contributed by atoms with van der Waals surface area (Å²) in [6, 6.07) is 17.4. The third-order valence-electron chi connectivity index (χ3n) is 6.39. The summed E-state index contributed by atoms with van der Waals surface area (Å²) in [4.78, 5) is 19.6. The zero-order valence-corrected chi connectivity index (χ0v) is 19.2. The van der Waals surface area contributed by atoms with Crippen LogP contribution >= 0.6 is 11.3 Å². The first-order valence-corrected chi connectivity index (χ1v) is 12.2. The van der Waals surface area contributed by atoms with Gasteiger partial charge in [0.2, 0.25) is 6.79 Å². The quantitative estimate of drug-likeness (QED) is 0.369. The van der Waals surface area contributed by atoms with Gasteiger partial charge >= 0.3 is 0 Å². The Bertz CT molecular complexity index is 1480. The summed E-state index contributed by atoms with van der Waals surface area (Å²) in [5.74, 6) is 1.12. The molecule has 6 rings (SSSR count). The first-order valence-electron chi connectivity index (χ1n) is 11.4. The molecule has 2 aliphatic rings. The van der Waals surface area contributed by atoms with Crippen molar-refractivity contribution in [1.82, 2.24) is 4.98 Å². The fraction of sp³-hybridized carbons (Fsp3) is 0.222. The van der Waals surface area contributed by atoms with Crippen LogP contribution in [0, 0.1) is 11.3 Å². The number of aromatic nitrogens is 1. The molecule has 4 aromatic rings. The Kier molecular flexibility index (Phi) is 5.16. The standard InChI is InChI=1S/C27H21N3O3S/c28-14-20-18-7-2-1-3-9-25(18)34-27(20)30-26(31)19-13-22(29-21-8-5-4-6-17(19)21)16-10-11-23-24(12-16)33-15-32-23/h4-6,8,10-13H,1-3,7,9,15H2,(H,30,31). The number of nitrogens with one attached hydrogen (secondary N) is 1. The number of pyridine rings is 1. The molecule has 0 saturated carbocycles. The van der Waals surface area contributed by atoms with Crippen molar-refractivity contribution in [3.8, 4) is 28.8 Å². The molecule has 3 heterocycles. The van der Waals surface area contributed by atoms with E-state index in [1.165, 1.54) is 11.3 Å². The van der Waals surface area contributed by atoms with Gasteiger partial charge in [0.25, 0.3) is 5.91 Å². The van der Waals surface area contributed by atoms with Gasteiger partial charge in [-0.15, -0.1) is 11.3 Å². The van der Waals surface area contributed by atoms with E-state index in [1.54, 1.807) is 17.4 Å². The average Bonchev–Trinajstić information content (AvgIpc) is 3.39. The van der Waals surface area contributed by atoms with Gasteiger partial charge in [0.05, 0.1) is 22.3 Å². The molecule has 0 radical (unpaired) electrons. The van der Waals surface area contributed by atoms with E-state index < -0.39 is 0 Å². The monoisotopic (exact) mass is 467 g/mol. The molecule has 2 aromatic heterocycles. The number of carbonyl (C=O) groups excluding carboxylic acids is 1. The highest BCUT2D eigenvalue weighted by molar-refractivity contribution is 7.16. The molecule has 0 bridgehead atoms. The zero-order chi connectivity index (χ0) is 23.1. The number of rotatable bonds is 3. The molecule has 0 saturated heterocycles. The van der Waals surface area contributed by atoms with E-state index >= 15 is 0 Å². The highest BCUT2D eigenvalue weighted by Gasteiger charge is 2.23. The fourth-order valence-electron chi connectivity index (χ4n) is 4.69. The summed E-state index contributed by atoms with van der Waals surface area (Å²) >= 11 is 1.54. The molecule has 1 N–H and O–H groups in total. The Morgan fingerprint density at radius 1 is 1.03 bits per heavy atom. The topological polar surface area (TPSA) is 84.2 Å².